The number of thiazole rings is 1. The van der Waals surface area contributed by atoms with Crippen LogP contribution in [0.15, 0.2) is 54.7 Å². The highest BCUT2D eigenvalue weighted by Crippen LogP contribution is 2.50. The fourth-order valence-electron chi connectivity index (χ4n) is 9.83. The maximum absolute atomic E-state index is 16.3. The number of halogens is 1. The lowest BCUT2D eigenvalue weighted by molar-refractivity contribution is -0.134. The average Bonchev–Trinajstić information content (AvgIpc) is 3.66. The quantitative estimate of drug-likeness (QED) is 0.118. The summed E-state index contributed by atoms with van der Waals surface area (Å²) in [4.78, 5) is 41.6. The number of primary sulfonamides is 1. The Labute approximate surface area is 362 Å². The number of aromatic nitrogens is 3. The first-order valence-electron chi connectivity index (χ1n) is 21.8. The number of carbonyl (C=O) groups excluding carboxylic acids is 2. The second-order valence-corrected chi connectivity index (χ2v) is 21.5. The van der Waals surface area contributed by atoms with Gasteiger partial charge in [-0.1, -0.05) is 52.0 Å². The van der Waals surface area contributed by atoms with Gasteiger partial charge in [-0.3, -0.25) is 14.9 Å². The Morgan fingerprint density at radius 1 is 1.02 bits per heavy atom. The number of nitrogens with zero attached hydrogens (tertiary/aromatic N) is 4. The van der Waals surface area contributed by atoms with E-state index in [1.165, 1.54) is 30.2 Å². The van der Waals surface area contributed by atoms with Crippen LogP contribution in [0.2, 0.25) is 0 Å². The lowest BCUT2D eigenvalue weighted by Crippen LogP contribution is -2.52. The molecule has 2 atom stereocenters. The largest absolute Gasteiger partial charge is 0.490 e. The number of rotatable bonds is 12. The monoisotopic (exact) mass is 871 g/mol. The summed E-state index contributed by atoms with van der Waals surface area (Å²) in [6.07, 6.45) is 11.9. The molecule has 4 N–H and O–H groups in total. The molecule has 4 heterocycles. The Bertz CT molecular complexity index is 2340. The van der Waals surface area contributed by atoms with Gasteiger partial charge in [-0.15, -0.1) is 11.3 Å². The van der Waals surface area contributed by atoms with Crippen LogP contribution in [-0.4, -0.2) is 71.9 Å². The number of hydrogen-bond donors (Lipinski definition) is 3. The van der Waals surface area contributed by atoms with E-state index in [2.05, 4.69) is 41.3 Å². The summed E-state index contributed by atoms with van der Waals surface area (Å²) in [7, 11) is -4.02. The number of hydrogen-bond acceptors (Lipinski definition) is 11. The summed E-state index contributed by atoms with van der Waals surface area (Å²) in [6.45, 7) is 11.2. The van der Waals surface area contributed by atoms with Crippen molar-refractivity contribution in [2.75, 3.05) is 25.0 Å². The predicted octanol–water partition coefficient (Wildman–Crippen LogP) is 8.26. The first-order chi connectivity index (χ1) is 29.1. The van der Waals surface area contributed by atoms with Crippen LogP contribution >= 0.6 is 11.3 Å². The molecule has 2 aromatic carbocycles. The summed E-state index contributed by atoms with van der Waals surface area (Å²) < 4.78 is 47.4. The predicted molar refractivity (Wildman–Crippen MR) is 236 cm³/mol. The first kappa shape index (κ1) is 43.3. The van der Waals surface area contributed by atoms with E-state index >= 15 is 4.39 Å². The van der Waals surface area contributed by atoms with Crippen molar-refractivity contribution >= 4 is 39.1 Å². The Balaban J connectivity index is 0.828. The molecule has 61 heavy (non-hydrogen) atoms. The van der Waals surface area contributed by atoms with Crippen LogP contribution < -0.4 is 20.5 Å². The van der Waals surface area contributed by atoms with Crippen molar-refractivity contribution in [3.63, 3.8) is 0 Å². The average molecular weight is 872 g/mol. The van der Waals surface area contributed by atoms with Gasteiger partial charge in [-0.25, -0.2) is 32.9 Å². The molecule has 4 aliphatic rings. The zero-order valence-electron chi connectivity index (χ0n) is 35.6. The highest BCUT2D eigenvalue weighted by atomic mass is 32.2. The number of nitrogens with two attached hydrogens (primary N) is 1. The molecule has 2 aliphatic heterocycles. The van der Waals surface area contributed by atoms with Crippen LogP contribution in [0.5, 0.6) is 5.75 Å². The highest BCUT2D eigenvalue weighted by molar-refractivity contribution is 7.89. The number of imide groups is 1. The van der Waals surface area contributed by atoms with Gasteiger partial charge in [0.15, 0.2) is 0 Å². The van der Waals surface area contributed by atoms with Crippen LogP contribution in [0.25, 0.3) is 21.8 Å². The second kappa shape index (κ2) is 17.5. The van der Waals surface area contributed by atoms with Gasteiger partial charge in [0.05, 0.1) is 33.3 Å². The Kier molecular flexibility index (Phi) is 12.4. The standard InChI is InChI=1S/C46H58FN7O5S2/c1-5-37(61(48,57)58)34-7-6-8-35(39(34)47)40-41(60-43(53-40)45(2,3)4)36-19-22-49-44(51-36)50-30-25-46(26-30)20-23-54(24-21-46)27-28-9-13-31(14-10-28)59-32-15-11-29(12-16-32)33-17-18-38(55)52-42(33)56/h6-8,11-12,15-16,19,22,28,30-31,33,37H,5,9-10,13-14,17-18,20-21,23-27H2,1-4H3,(H2,48,57,58)(H,49,50,51)(H,52,55,56)/t28?,31?,33-,37?/m0/s1. The highest BCUT2D eigenvalue weighted by Gasteiger charge is 2.46. The third-order valence-electron chi connectivity index (χ3n) is 13.3. The number of nitrogens with one attached hydrogen (secondary N) is 2. The van der Waals surface area contributed by atoms with Crippen LogP contribution in [0, 0.1) is 17.2 Å². The molecule has 15 heteroatoms. The summed E-state index contributed by atoms with van der Waals surface area (Å²) in [6, 6.07) is 14.7. The zero-order chi connectivity index (χ0) is 43.1. The Morgan fingerprint density at radius 2 is 1.74 bits per heavy atom. The maximum Gasteiger partial charge on any atom is 0.234 e. The normalized spacial score (nSPS) is 23.0. The van der Waals surface area contributed by atoms with Crippen LogP contribution in [0.4, 0.5) is 10.3 Å². The van der Waals surface area contributed by atoms with E-state index in [9.17, 15) is 18.0 Å². The number of likely N-dealkylation sites (tertiary alicyclic amines) is 1. The third-order valence-corrected chi connectivity index (χ3v) is 16.2. The Morgan fingerprint density at radius 3 is 2.39 bits per heavy atom. The molecule has 1 spiro atoms. The lowest BCUT2D eigenvalue weighted by Gasteiger charge is -2.52. The van der Waals surface area contributed by atoms with Crippen molar-refractivity contribution in [3.05, 3.63) is 76.7 Å². The molecule has 2 aromatic heterocycles. The van der Waals surface area contributed by atoms with Crippen molar-refractivity contribution < 1.29 is 27.1 Å². The fourth-order valence-corrected chi connectivity index (χ4v) is 11.9. The molecule has 12 nitrogen and oxygen atoms in total. The molecular weight excluding hydrogens is 814 g/mol. The second-order valence-electron chi connectivity index (χ2n) is 18.8. The van der Waals surface area contributed by atoms with E-state index in [0.717, 1.165) is 74.5 Å². The summed E-state index contributed by atoms with van der Waals surface area (Å²) in [5, 5.41) is 11.2. The fraction of sp³-hybridized carbons (Fsp3) is 0.543. The molecule has 1 unspecified atom stereocenters. The number of carbonyl (C=O) groups is 2. The van der Waals surface area contributed by atoms with Crippen molar-refractivity contribution in [2.24, 2.45) is 16.5 Å². The van der Waals surface area contributed by atoms with Gasteiger partial charge in [0.2, 0.25) is 27.8 Å². The van der Waals surface area contributed by atoms with Crippen LogP contribution in [0.3, 0.4) is 0 Å². The number of anilines is 1. The number of benzene rings is 2. The van der Waals surface area contributed by atoms with E-state index in [-0.39, 0.29) is 52.8 Å². The Hall–Kier alpha value is -4.31. The SMILES string of the molecule is CCC(c1cccc(-c2nc(C(C)(C)C)sc2-c2ccnc(NC3CC4(CCN(CC5CCC(Oc6ccc([C@@H]7CCC(=O)NC7=O)cc6)CC5)CC4)C3)n2)c1F)S(N)(=O)=O. The van der Waals surface area contributed by atoms with E-state index in [1.807, 2.05) is 30.3 Å². The molecule has 0 radical (unpaired) electrons. The number of piperidine rings is 2. The van der Waals surface area contributed by atoms with E-state index in [1.54, 1.807) is 25.3 Å². The molecule has 2 saturated carbocycles. The van der Waals surface area contributed by atoms with Crippen molar-refractivity contribution in [2.45, 2.75) is 127 Å². The van der Waals surface area contributed by atoms with E-state index < -0.39 is 21.1 Å². The summed E-state index contributed by atoms with van der Waals surface area (Å²) >= 11 is 1.46. The number of sulfonamides is 1. The smallest absolute Gasteiger partial charge is 0.234 e. The van der Waals surface area contributed by atoms with Gasteiger partial charge in [0.1, 0.15) is 16.8 Å². The topological polar surface area (TPSA) is 169 Å². The molecule has 4 aromatic rings. The van der Waals surface area contributed by atoms with E-state index in [0.29, 0.717) is 46.4 Å². The number of amides is 2. The molecule has 0 bridgehead atoms. The van der Waals surface area contributed by atoms with Crippen LogP contribution in [-0.2, 0) is 25.0 Å². The van der Waals surface area contributed by atoms with Gasteiger partial charge < -0.3 is 15.0 Å². The minimum absolute atomic E-state index is 0.0389. The van der Waals surface area contributed by atoms with E-state index in [4.69, 9.17) is 19.8 Å². The molecule has 2 amide bonds. The summed E-state index contributed by atoms with van der Waals surface area (Å²) in [5.41, 5.74) is 2.27. The van der Waals surface area contributed by atoms with Crippen molar-refractivity contribution in [1.82, 2.24) is 25.2 Å². The molecular formula is C46H58FN7O5S2. The minimum Gasteiger partial charge on any atom is -0.490 e. The van der Waals surface area contributed by atoms with Crippen molar-refractivity contribution in [1.29, 1.82) is 0 Å². The van der Waals surface area contributed by atoms with Crippen LogP contribution in [0.1, 0.15) is 126 Å². The molecule has 326 valence electrons. The molecule has 2 saturated heterocycles. The van der Waals surface area contributed by atoms with Gasteiger partial charge in [0.25, 0.3) is 0 Å². The zero-order valence-corrected chi connectivity index (χ0v) is 37.2. The maximum atomic E-state index is 16.3. The lowest BCUT2D eigenvalue weighted by atomic mass is 9.60. The third kappa shape index (κ3) is 9.69. The number of ether oxygens (including phenoxy) is 1. The van der Waals surface area contributed by atoms with Gasteiger partial charge in [-0.2, -0.15) is 0 Å². The molecule has 2 aliphatic carbocycles. The van der Waals surface area contributed by atoms with Gasteiger partial charge in [0, 0.05) is 41.7 Å². The first-order valence-corrected chi connectivity index (χ1v) is 24.2. The minimum atomic E-state index is -4.02. The summed E-state index contributed by atoms with van der Waals surface area (Å²) in [5.74, 6) is 0.711. The van der Waals surface area contributed by atoms with Gasteiger partial charge in [-0.05, 0) is 118 Å². The molecule has 8 rings (SSSR count). The van der Waals surface area contributed by atoms with Crippen molar-refractivity contribution in [3.8, 4) is 27.6 Å². The van der Waals surface area contributed by atoms with Gasteiger partial charge >= 0.3 is 0 Å². The molecule has 4 fully saturated rings.